The van der Waals surface area contributed by atoms with Crippen LogP contribution in [0.4, 0.5) is 0 Å². The Morgan fingerprint density at radius 3 is 2.85 bits per heavy atom. The Bertz CT molecular complexity index is 652. The molecule has 0 bridgehead atoms. The SMILES string of the molecule is O=C(C1CCCC1)N1CCc2[nH]c3ccccc3c2C1. The summed E-state index contributed by atoms with van der Waals surface area (Å²) in [6.45, 7) is 1.66. The molecule has 1 aliphatic heterocycles. The van der Waals surface area contributed by atoms with Crippen molar-refractivity contribution in [3.63, 3.8) is 0 Å². The molecule has 4 rings (SSSR count). The molecular weight excluding hydrogens is 248 g/mol. The van der Waals surface area contributed by atoms with Crippen molar-refractivity contribution in [2.45, 2.75) is 38.6 Å². The van der Waals surface area contributed by atoms with Gasteiger partial charge in [0.25, 0.3) is 0 Å². The third-order valence-electron chi connectivity index (χ3n) is 4.90. The topological polar surface area (TPSA) is 36.1 Å². The largest absolute Gasteiger partial charge is 0.358 e. The first kappa shape index (κ1) is 12.0. The minimum atomic E-state index is 0.293. The number of nitrogens with zero attached hydrogens (tertiary/aromatic N) is 1. The molecule has 0 unspecified atom stereocenters. The molecule has 1 saturated carbocycles. The second kappa shape index (κ2) is 4.65. The van der Waals surface area contributed by atoms with Gasteiger partial charge in [0, 0.05) is 47.6 Å². The van der Waals surface area contributed by atoms with E-state index in [-0.39, 0.29) is 0 Å². The van der Waals surface area contributed by atoms with Crippen LogP contribution in [0.25, 0.3) is 10.9 Å². The van der Waals surface area contributed by atoms with E-state index in [1.807, 2.05) is 0 Å². The van der Waals surface area contributed by atoms with Crippen LogP contribution in [0.1, 0.15) is 36.9 Å². The monoisotopic (exact) mass is 268 g/mol. The van der Waals surface area contributed by atoms with Gasteiger partial charge in [-0.3, -0.25) is 4.79 Å². The lowest BCUT2D eigenvalue weighted by atomic mass is 10.0. The van der Waals surface area contributed by atoms with Gasteiger partial charge in [-0.1, -0.05) is 31.0 Å². The number of nitrogens with one attached hydrogen (secondary N) is 1. The first-order valence-corrected chi connectivity index (χ1v) is 7.70. The lowest BCUT2D eigenvalue weighted by molar-refractivity contribution is -0.136. The van der Waals surface area contributed by atoms with Crippen LogP contribution in [-0.2, 0) is 17.8 Å². The fourth-order valence-corrected chi connectivity index (χ4v) is 3.79. The van der Waals surface area contributed by atoms with E-state index < -0.39 is 0 Å². The minimum Gasteiger partial charge on any atom is -0.358 e. The molecular formula is C17H20N2O. The number of rotatable bonds is 1. The molecule has 1 N–H and O–H groups in total. The van der Waals surface area contributed by atoms with Crippen LogP contribution in [0.2, 0.25) is 0 Å². The van der Waals surface area contributed by atoms with E-state index in [1.165, 1.54) is 35.0 Å². The average Bonchev–Trinajstić information content (AvgIpc) is 3.13. The zero-order chi connectivity index (χ0) is 13.5. The van der Waals surface area contributed by atoms with Crippen LogP contribution < -0.4 is 0 Å². The minimum absolute atomic E-state index is 0.293. The third kappa shape index (κ3) is 1.84. The maximum absolute atomic E-state index is 12.6. The molecule has 3 heteroatoms. The van der Waals surface area contributed by atoms with Gasteiger partial charge in [-0.25, -0.2) is 0 Å². The van der Waals surface area contributed by atoms with Crippen LogP contribution in [0, 0.1) is 5.92 Å². The van der Waals surface area contributed by atoms with Crippen LogP contribution >= 0.6 is 0 Å². The number of aromatic nitrogens is 1. The normalized spacial score (nSPS) is 19.5. The number of fused-ring (bicyclic) bond motifs is 3. The van der Waals surface area contributed by atoms with E-state index in [4.69, 9.17) is 0 Å². The number of H-pyrrole nitrogens is 1. The predicted octanol–water partition coefficient (Wildman–Crippen LogP) is 3.24. The van der Waals surface area contributed by atoms with Gasteiger partial charge in [-0.05, 0) is 18.9 Å². The fourth-order valence-electron chi connectivity index (χ4n) is 3.79. The number of carbonyl (C=O) groups excluding carboxylic acids is 1. The Kier molecular flexibility index (Phi) is 2.79. The number of hydrogen-bond donors (Lipinski definition) is 1. The summed E-state index contributed by atoms with van der Waals surface area (Å²) in [5.74, 6) is 0.681. The summed E-state index contributed by atoms with van der Waals surface area (Å²) in [6.07, 6.45) is 5.60. The maximum Gasteiger partial charge on any atom is 0.225 e. The van der Waals surface area contributed by atoms with Gasteiger partial charge in [0.05, 0.1) is 0 Å². The zero-order valence-corrected chi connectivity index (χ0v) is 11.7. The highest BCUT2D eigenvalue weighted by molar-refractivity contribution is 5.86. The smallest absolute Gasteiger partial charge is 0.225 e. The lowest BCUT2D eigenvalue weighted by Gasteiger charge is -2.29. The molecule has 1 amide bonds. The van der Waals surface area contributed by atoms with Gasteiger partial charge < -0.3 is 9.88 Å². The quantitative estimate of drug-likeness (QED) is 0.846. The zero-order valence-electron chi connectivity index (χ0n) is 11.7. The summed E-state index contributed by atoms with van der Waals surface area (Å²) in [6, 6.07) is 8.42. The number of carbonyl (C=O) groups is 1. The molecule has 1 aromatic heterocycles. The Morgan fingerprint density at radius 1 is 1.20 bits per heavy atom. The van der Waals surface area contributed by atoms with Gasteiger partial charge in [0.15, 0.2) is 0 Å². The van der Waals surface area contributed by atoms with E-state index in [1.54, 1.807) is 0 Å². The Morgan fingerprint density at radius 2 is 2.00 bits per heavy atom. The lowest BCUT2D eigenvalue weighted by Crippen LogP contribution is -2.39. The number of amides is 1. The van der Waals surface area contributed by atoms with Crippen molar-refractivity contribution >= 4 is 16.8 Å². The Hall–Kier alpha value is -1.77. The van der Waals surface area contributed by atoms with Crippen molar-refractivity contribution in [2.75, 3.05) is 6.54 Å². The summed E-state index contributed by atoms with van der Waals surface area (Å²) < 4.78 is 0. The molecule has 0 spiro atoms. The summed E-state index contributed by atoms with van der Waals surface area (Å²) in [5, 5.41) is 1.28. The number of aromatic amines is 1. The molecule has 2 heterocycles. The molecule has 1 fully saturated rings. The first-order chi connectivity index (χ1) is 9.83. The molecule has 3 nitrogen and oxygen atoms in total. The van der Waals surface area contributed by atoms with Crippen LogP contribution in [-0.4, -0.2) is 22.3 Å². The van der Waals surface area contributed by atoms with E-state index >= 15 is 0 Å². The van der Waals surface area contributed by atoms with Crippen molar-refractivity contribution in [3.05, 3.63) is 35.5 Å². The second-order valence-electron chi connectivity index (χ2n) is 6.12. The number of hydrogen-bond acceptors (Lipinski definition) is 1. The van der Waals surface area contributed by atoms with Gasteiger partial charge >= 0.3 is 0 Å². The highest BCUT2D eigenvalue weighted by Crippen LogP contribution is 2.31. The van der Waals surface area contributed by atoms with Gasteiger partial charge in [-0.15, -0.1) is 0 Å². The van der Waals surface area contributed by atoms with Crippen LogP contribution in [0.15, 0.2) is 24.3 Å². The molecule has 0 radical (unpaired) electrons. The van der Waals surface area contributed by atoms with Crippen molar-refractivity contribution in [2.24, 2.45) is 5.92 Å². The molecule has 0 saturated heterocycles. The van der Waals surface area contributed by atoms with Crippen LogP contribution in [0.3, 0.4) is 0 Å². The van der Waals surface area contributed by atoms with E-state index in [0.29, 0.717) is 11.8 Å². The maximum atomic E-state index is 12.6. The van der Waals surface area contributed by atoms with Gasteiger partial charge in [0.2, 0.25) is 5.91 Å². The summed E-state index contributed by atoms with van der Waals surface area (Å²) in [5.41, 5.74) is 3.85. The van der Waals surface area contributed by atoms with E-state index in [9.17, 15) is 4.79 Å². The molecule has 1 aromatic carbocycles. The third-order valence-corrected chi connectivity index (χ3v) is 4.90. The van der Waals surface area contributed by atoms with Gasteiger partial charge in [0.1, 0.15) is 0 Å². The summed E-state index contributed by atoms with van der Waals surface area (Å²) >= 11 is 0. The van der Waals surface area contributed by atoms with Crippen LogP contribution in [0.5, 0.6) is 0 Å². The van der Waals surface area contributed by atoms with Gasteiger partial charge in [-0.2, -0.15) is 0 Å². The average molecular weight is 268 g/mol. The first-order valence-electron chi connectivity index (χ1n) is 7.70. The molecule has 20 heavy (non-hydrogen) atoms. The number of benzene rings is 1. The summed E-state index contributed by atoms with van der Waals surface area (Å²) in [7, 11) is 0. The highest BCUT2D eigenvalue weighted by atomic mass is 16.2. The van der Waals surface area contributed by atoms with E-state index in [0.717, 1.165) is 32.4 Å². The van der Waals surface area contributed by atoms with Crippen molar-refractivity contribution in [1.82, 2.24) is 9.88 Å². The van der Waals surface area contributed by atoms with E-state index in [2.05, 4.69) is 34.1 Å². The second-order valence-corrected chi connectivity index (χ2v) is 6.12. The van der Waals surface area contributed by atoms with Crippen molar-refractivity contribution in [3.8, 4) is 0 Å². The summed E-state index contributed by atoms with van der Waals surface area (Å²) in [4.78, 5) is 18.2. The molecule has 2 aromatic rings. The molecule has 2 aliphatic rings. The molecule has 104 valence electrons. The standard InChI is InChI=1S/C17H20N2O/c20-17(12-5-1-2-6-12)19-10-9-16-14(11-19)13-7-3-4-8-15(13)18-16/h3-4,7-8,12,18H,1-2,5-6,9-11H2. The molecule has 1 aliphatic carbocycles. The Balaban J connectivity index is 1.63. The Labute approximate surface area is 119 Å². The van der Waals surface area contributed by atoms with Crippen molar-refractivity contribution < 1.29 is 4.79 Å². The predicted molar refractivity (Wildman–Crippen MR) is 79.4 cm³/mol. The number of para-hydroxylation sites is 1. The highest BCUT2D eigenvalue weighted by Gasteiger charge is 2.30. The molecule has 0 atom stereocenters. The fraction of sp³-hybridized carbons (Fsp3) is 0.471. The van der Waals surface area contributed by atoms with Crippen molar-refractivity contribution in [1.29, 1.82) is 0 Å².